The molecule has 0 aromatic heterocycles. The first-order valence-electron chi connectivity index (χ1n) is 22.2. The minimum absolute atomic E-state index is 0.0257. The fourth-order valence-corrected chi connectivity index (χ4v) is 10.9. The normalized spacial score (nSPS) is 25.4. The topological polar surface area (TPSA) is 156 Å². The molecule has 2 bridgehead atoms. The van der Waals surface area contributed by atoms with Crippen LogP contribution in [0.15, 0.2) is 66.7 Å². The first-order chi connectivity index (χ1) is 30.1. The molecule has 1 saturated heterocycles. The van der Waals surface area contributed by atoms with Gasteiger partial charge in [-0.25, -0.2) is 13.1 Å². The molecule has 3 saturated carbocycles. The van der Waals surface area contributed by atoms with Gasteiger partial charge < -0.3 is 35.4 Å². The highest BCUT2D eigenvalue weighted by Crippen LogP contribution is 2.61. The number of hydrogen-bond donors (Lipinski definition) is 5. The van der Waals surface area contributed by atoms with Crippen molar-refractivity contribution in [2.24, 2.45) is 29.1 Å². The van der Waals surface area contributed by atoms with Crippen molar-refractivity contribution in [3.63, 3.8) is 0 Å². The molecule has 354 valence electrons. The summed E-state index contributed by atoms with van der Waals surface area (Å²) in [5.74, 6) is 0.800. The van der Waals surface area contributed by atoms with Crippen molar-refractivity contribution >= 4 is 21.6 Å². The zero-order valence-electron chi connectivity index (χ0n) is 38.2. The number of halogens is 3. The van der Waals surface area contributed by atoms with Gasteiger partial charge in [-0.1, -0.05) is 69.3 Å². The second-order valence-corrected chi connectivity index (χ2v) is 20.7. The number of aliphatic hydroxyl groups excluding tert-OH is 2. The molecule has 5 N–H and O–H groups in total. The summed E-state index contributed by atoms with van der Waals surface area (Å²) in [6.45, 7) is 8.73. The number of para-hydroxylation sites is 1. The van der Waals surface area contributed by atoms with Crippen LogP contribution >= 0.6 is 0 Å². The van der Waals surface area contributed by atoms with E-state index in [1.165, 1.54) is 5.56 Å². The predicted molar refractivity (Wildman–Crippen MR) is 242 cm³/mol. The maximum Gasteiger partial charge on any atom is 0.511 e. The quantitative estimate of drug-likeness (QED) is 0.102. The summed E-state index contributed by atoms with van der Waals surface area (Å²) in [6, 6.07) is 20.7. The van der Waals surface area contributed by atoms with Gasteiger partial charge in [-0.2, -0.15) is 18.2 Å². The van der Waals surface area contributed by atoms with Gasteiger partial charge in [0.25, 0.3) is 0 Å². The van der Waals surface area contributed by atoms with Crippen molar-refractivity contribution in [3.8, 4) is 16.9 Å². The number of rotatable bonds is 20. The molecule has 0 radical (unpaired) electrons. The summed E-state index contributed by atoms with van der Waals surface area (Å²) >= 11 is 0. The third-order valence-electron chi connectivity index (χ3n) is 14.0. The highest BCUT2D eigenvalue weighted by molar-refractivity contribution is 7.90. The third-order valence-corrected chi connectivity index (χ3v) is 15.2. The fraction of sp³-hybridized carbons (Fsp3) is 0.596. The number of benzene rings is 3. The molecule has 13 nitrogen and oxygen atoms in total. The van der Waals surface area contributed by atoms with Crippen molar-refractivity contribution in [1.82, 2.24) is 25.3 Å². The van der Waals surface area contributed by atoms with Crippen LogP contribution in [0, 0.1) is 29.1 Å². The molecule has 0 spiro atoms. The van der Waals surface area contributed by atoms with Crippen molar-refractivity contribution in [1.29, 1.82) is 0 Å². The van der Waals surface area contributed by atoms with E-state index in [1.807, 2.05) is 68.7 Å². The summed E-state index contributed by atoms with van der Waals surface area (Å²) < 4.78 is 70.7. The van der Waals surface area contributed by atoms with Crippen LogP contribution in [0.3, 0.4) is 0 Å². The molecule has 1 aliphatic heterocycles. The number of carbonyl (C=O) groups excluding carboxylic acids is 1. The molecule has 1 heterocycles. The van der Waals surface area contributed by atoms with E-state index in [1.54, 1.807) is 35.8 Å². The van der Waals surface area contributed by atoms with Crippen molar-refractivity contribution < 1.29 is 46.2 Å². The highest BCUT2D eigenvalue weighted by Gasteiger charge is 2.57. The average Bonchev–Trinajstić information content (AvgIpc) is 3.61. The first kappa shape index (κ1) is 49.6. The Hall–Kier alpha value is -3.81. The second-order valence-electron chi connectivity index (χ2n) is 18.9. The molecule has 4 fully saturated rings. The number of hydrogen-bond acceptors (Lipinski definition) is 11. The molecule has 9 atom stereocenters. The molecule has 7 rings (SSSR count). The van der Waals surface area contributed by atoms with E-state index in [0.29, 0.717) is 40.9 Å². The van der Waals surface area contributed by atoms with Gasteiger partial charge in [0.1, 0.15) is 17.9 Å². The summed E-state index contributed by atoms with van der Waals surface area (Å²) in [6.07, 6.45) is 1.000. The van der Waals surface area contributed by atoms with Gasteiger partial charge in [-0.3, -0.25) is 9.63 Å². The largest absolute Gasteiger partial charge is 0.511 e. The standard InChI is InChI=1S/C47H67F3N6O7S/c1-29-39-23-35(46(39,3)4)24-40(29)53-45(59)43-42(30(2)58)41(28-57)63-56(43)26-33-15-12-16-38(44(33)62-8)34-19-32(25-51-36(27-54(5)6)20-31-13-10-9-11-14-31)21-37(22-34)55(7)18-17-52-64(60,61)47(48,49)50/h9-16,19,21-22,29-30,35-36,39-43,51-52,57-58H,17-18,20,23-28H2,1-8H3,(H,53,59)/t29-,30-,35+,36-,39-,40-,41-,42+,43-/m0/s1. The number of anilines is 1. The van der Waals surface area contributed by atoms with Gasteiger partial charge in [-0.15, -0.1) is 0 Å². The molecule has 3 aliphatic carbocycles. The maximum atomic E-state index is 14.4. The van der Waals surface area contributed by atoms with Crippen molar-refractivity contribution in [2.75, 3.05) is 59.4 Å². The Morgan fingerprint density at radius 1 is 1.05 bits per heavy atom. The summed E-state index contributed by atoms with van der Waals surface area (Å²) in [7, 11) is 1.72. The van der Waals surface area contributed by atoms with E-state index in [9.17, 15) is 36.6 Å². The lowest BCUT2D eigenvalue weighted by Crippen LogP contribution is -2.62. The number of nitrogens with one attached hydrogen (secondary N) is 3. The number of sulfonamides is 1. The molecular weight excluding hydrogens is 850 g/mol. The third kappa shape index (κ3) is 11.1. The molecule has 64 heavy (non-hydrogen) atoms. The van der Waals surface area contributed by atoms with E-state index in [0.717, 1.165) is 36.9 Å². The van der Waals surface area contributed by atoms with Crippen LogP contribution < -0.4 is 25.0 Å². The molecule has 3 aromatic carbocycles. The molecular formula is C47H67F3N6O7S. The molecule has 0 unspecified atom stereocenters. The smallest absolute Gasteiger partial charge is 0.496 e. The Kier molecular flexibility index (Phi) is 15.8. The number of amides is 1. The maximum absolute atomic E-state index is 14.4. The number of ether oxygens (including phenoxy) is 1. The van der Waals surface area contributed by atoms with Gasteiger partial charge in [0, 0.05) is 68.0 Å². The Labute approximate surface area is 376 Å². The number of carbonyl (C=O) groups is 1. The summed E-state index contributed by atoms with van der Waals surface area (Å²) in [5, 5.41) is 30.0. The molecule has 4 aliphatic rings. The van der Waals surface area contributed by atoms with Crippen LogP contribution in [0.5, 0.6) is 5.75 Å². The van der Waals surface area contributed by atoms with Gasteiger partial charge >= 0.3 is 15.5 Å². The van der Waals surface area contributed by atoms with E-state index in [2.05, 4.69) is 48.4 Å². The lowest BCUT2D eigenvalue weighted by Gasteiger charge is -2.62. The van der Waals surface area contributed by atoms with Gasteiger partial charge in [-0.05, 0) is 98.3 Å². The number of hydroxylamine groups is 2. The van der Waals surface area contributed by atoms with E-state index >= 15 is 0 Å². The van der Waals surface area contributed by atoms with E-state index in [4.69, 9.17) is 9.57 Å². The monoisotopic (exact) mass is 916 g/mol. The average molecular weight is 917 g/mol. The van der Waals surface area contributed by atoms with Crippen LogP contribution in [-0.2, 0) is 39.2 Å². The highest BCUT2D eigenvalue weighted by atomic mass is 32.2. The zero-order valence-corrected chi connectivity index (χ0v) is 39.0. The van der Waals surface area contributed by atoms with Crippen LogP contribution in [0.2, 0.25) is 0 Å². The number of alkyl halides is 3. The SMILES string of the molecule is COc1c(CN2O[C@@H](CO)[C@@H]([C@H](C)O)[C@H]2C(=O)N[C@H]2C[C@H]3C[C@@H]([C@@H]2C)C3(C)C)cccc1-c1cc(CN[C@@H](Cc2ccccc2)CN(C)C)cc(N(C)CCNS(=O)(=O)C(F)(F)F)c1. The van der Waals surface area contributed by atoms with Gasteiger partial charge in [0.05, 0.1) is 26.4 Å². The van der Waals surface area contributed by atoms with Crippen molar-refractivity contribution in [2.45, 2.75) is 95.9 Å². The zero-order chi connectivity index (χ0) is 46.7. The van der Waals surface area contributed by atoms with Crippen LogP contribution in [0.25, 0.3) is 11.1 Å². The predicted octanol–water partition coefficient (Wildman–Crippen LogP) is 5.16. The Balaban J connectivity index is 1.30. The van der Waals surface area contributed by atoms with E-state index in [-0.39, 0.29) is 42.4 Å². The summed E-state index contributed by atoms with van der Waals surface area (Å²) in [5.41, 5.74) is -0.450. The van der Waals surface area contributed by atoms with Gasteiger partial charge in [0.2, 0.25) is 5.91 Å². The Bertz CT molecular complexity index is 2160. The Morgan fingerprint density at radius 2 is 1.77 bits per heavy atom. The van der Waals surface area contributed by atoms with E-state index < -0.39 is 52.9 Å². The first-order valence-corrected chi connectivity index (χ1v) is 23.7. The fourth-order valence-electron chi connectivity index (χ4n) is 10.3. The van der Waals surface area contributed by atoms with Crippen LogP contribution in [-0.4, -0.2) is 125 Å². The lowest BCUT2D eigenvalue weighted by molar-refractivity contribution is -0.183. The molecule has 3 aromatic rings. The number of fused-ring (bicyclic) bond motifs is 2. The van der Waals surface area contributed by atoms with Crippen LogP contribution in [0.4, 0.5) is 18.9 Å². The number of likely N-dealkylation sites (N-methyl/N-ethyl adjacent to an activating group) is 2. The number of methoxy groups -OCH3 is 1. The molecule has 17 heteroatoms. The molecule has 1 amide bonds. The van der Waals surface area contributed by atoms with Crippen molar-refractivity contribution in [3.05, 3.63) is 83.4 Å². The Morgan fingerprint density at radius 3 is 2.38 bits per heavy atom. The number of aliphatic hydroxyl groups is 2. The second kappa shape index (κ2) is 20.4. The minimum atomic E-state index is -5.53. The minimum Gasteiger partial charge on any atom is -0.496 e. The van der Waals surface area contributed by atoms with Crippen LogP contribution in [0.1, 0.15) is 57.2 Å². The lowest BCUT2D eigenvalue weighted by atomic mass is 9.45. The number of nitrogens with zero attached hydrogens (tertiary/aromatic N) is 3. The van der Waals surface area contributed by atoms with Gasteiger partial charge in [0.15, 0.2) is 0 Å². The summed E-state index contributed by atoms with van der Waals surface area (Å²) in [4.78, 5) is 24.5.